The van der Waals surface area contributed by atoms with Crippen LogP contribution in [0.5, 0.6) is 0 Å². The van der Waals surface area contributed by atoms with Gasteiger partial charge in [0.05, 0.1) is 17.3 Å². The van der Waals surface area contributed by atoms with E-state index in [9.17, 15) is 0 Å². The summed E-state index contributed by atoms with van der Waals surface area (Å²) in [5.41, 5.74) is 5.53. The number of anilines is 1. The van der Waals surface area contributed by atoms with Crippen LogP contribution in [0.25, 0.3) is 11.0 Å². The molecular formula is C15H16N4O3. The molecule has 0 amide bonds. The normalized spacial score (nSPS) is 10.9. The lowest BCUT2D eigenvalue weighted by Gasteiger charge is -1.96. The van der Waals surface area contributed by atoms with Gasteiger partial charge in [-0.1, -0.05) is 12.1 Å². The first kappa shape index (κ1) is 15.3. The Hall–Kier alpha value is -3.09. The van der Waals surface area contributed by atoms with E-state index in [0.717, 1.165) is 29.4 Å². The number of carboxylic acids is 1. The first-order chi connectivity index (χ1) is 10.6. The number of aliphatic carboxylic acids is 1. The summed E-state index contributed by atoms with van der Waals surface area (Å²) in [6.07, 6.45) is 1.62. The van der Waals surface area contributed by atoms with E-state index in [1.54, 1.807) is 6.26 Å². The monoisotopic (exact) mass is 300 g/mol. The van der Waals surface area contributed by atoms with Gasteiger partial charge < -0.3 is 14.5 Å². The smallest absolute Gasteiger partial charge is 0.300 e. The minimum absolute atomic E-state index is 0.613. The molecule has 114 valence electrons. The number of rotatable bonds is 3. The lowest BCUT2D eigenvalue weighted by atomic mass is 10.3. The average molecular weight is 300 g/mol. The largest absolute Gasteiger partial charge is 0.481 e. The van der Waals surface area contributed by atoms with E-state index in [-0.39, 0.29) is 0 Å². The highest BCUT2D eigenvalue weighted by molar-refractivity contribution is 5.96. The van der Waals surface area contributed by atoms with Gasteiger partial charge >= 0.3 is 0 Å². The molecule has 0 radical (unpaired) electrons. The first-order valence-corrected chi connectivity index (χ1v) is 6.54. The number of hydrogen-bond donors (Lipinski definition) is 3. The Kier molecular flexibility index (Phi) is 4.92. The van der Waals surface area contributed by atoms with Crippen molar-refractivity contribution >= 4 is 28.7 Å². The molecule has 0 saturated heterocycles. The molecule has 0 fully saturated rings. The summed E-state index contributed by atoms with van der Waals surface area (Å²) in [6, 6.07) is 11.5. The highest BCUT2D eigenvalue weighted by Gasteiger charge is 2.02. The Morgan fingerprint density at radius 2 is 2.00 bits per heavy atom. The third kappa shape index (κ3) is 4.20. The van der Waals surface area contributed by atoms with E-state index < -0.39 is 5.97 Å². The highest BCUT2D eigenvalue weighted by Crippen LogP contribution is 2.13. The predicted octanol–water partition coefficient (Wildman–Crippen LogP) is 3.08. The highest BCUT2D eigenvalue weighted by atomic mass is 16.4. The van der Waals surface area contributed by atoms with Crippen molar-refractivity contribution < 1.29 is 14.3 Å². The molecule has 22 heavy (non-hydrogen) atoms. The van der Waals surface area contributed by atoms with E-state index in [4.69, 9.17) is 14.3 Å². The van der Waals surface area contributed by atoms with Gasteiger partial charge in [0.1, 0.15) is 11.5 Å². The maximum absolute atomic E-state index is 9.00. The minimum atomic E-state index is -0.833. The number of hydrogen-bond acceptors (Lipinski definition) is 5. The van der Waals surface area contributed by atoms with Crippen LogP contribution in [0.3, 0.4) is 0 Å². The molecule has 0 saturated carbocycles. The van der Waals surface area contributed by atoms with Gasteiger partial charge in [-0.3, -0.25) is 4.79 Å². The number of aromatic nitrogens is 2. The van der Waals surface area contributed by atoms with Crippen molar-refractivity contribution in [3.05, 3.63) is 48.4 Å². The van der Waals surface area contributed by atoms with Crippen LogP contribution < -0.4 is 5.43 Å². The molecule has 0 aliphatic rings. The van der Waals surface area contributed by atoms with Crippen LogP contribution in [0, 0.1) is 0 Å². The number of furan rings is 1. The number of benzene rings is 1. The van der Waals surface area contributed by atoms with Crippen molar-refractivity contribution in [2.24, 2.45) is 5.10 Å². The van der Waals surface area contributed by atoms with Crippen molar-refractivity contribution in [1.29, 1.82) is 0 Å². The summed E-state index contributed by atoms with van der Waals surface area (Å²) in [7, 11) is 0. The number of H-pyrrole nitrogens is 1. The molecule has 0 atom stereocenters. The number of carboxylic acid groups (broad SMARTS) is 1. The number of hydrazone groups is 1. The molecule has 3 rings (SSSR count). The SMILES string of the molecule is C/C(=N\Nc1nc2ccccc2[nH]1)c1ccco1.CC(=O)O. The maximum atomic E-state index is 9.00. The second kappa shape index (κ2) is 7.07. The average Bonchev–Trinajstić information content (AvgIpc) is 3.13. The third-order valence-corrected chi connectivity index (χ3v) is 2.60. The molecule has 0 unspecified atom stereocenters. The van der Waals surface area contributed by atoms with Crippen LogP contribution in [0.15, 0.2) is 52.2 Å². The fourth-order valence-electron chi connectivity index (χ4n) is 1.68. The fourth-order valence-corrected chi connectivity index (χ4v) is 1.68. The van der Waals surface area contributed by atoms with Gasteiger partial charge in [-0.2, -0.15) is 5.10 Å². The summed E-state index contributed by atoms with van der Waals surface area (Å²) in [6.45, 7) is 2.95. The standard InChI is InChI=1S/C13H12N4O.C2H4O2/c1-9(12-7-4-8-18-12)16-17-13-14-10-5-2-3-6-11(10)15-13;1-2(3)4/h2-8H,1H3,(H2,14,15,17);1H3,(H,3,4)/b16-9+;. The molecule has 2 heterocycles. The molecule has 0 aliphatic carbocycles. The third-order valence-electron chi connectivity index (χ3n) is 2.60. The Morgan fingerprint density at radius 3 is 2.64 bits per heavy atom. The fraction of sp³-hybridized carbons (Fsp3) is 0.133. The Bertz CT molecular complexity index is 738. The molecule has 2 aromatic heterocycles. The van der Waals surface area contributed by atoms with Crippen LogP contribution in [-0.2, 0) is 4.79 Å². The molecule has 1 aromatic carbocycles. The lowest BCUT2D eigenvalue weighted by Crippen LogP contribution is -1.99. The van der Waals surface area contributed by atoms with Crippen molar-refractivity contribution in [3.63, 3.8) is 0 Å². The molecule has 7 heteroatoms. The van der Waals surface area contributed by atoms with Crippen LogP contribution in [0.4, 0.5) is 5.95 Å². The van der Waals surface area contributed by atoms with Gasteiger partial charge in [0.15, 0.2) is 0 Å². The number of nitrogens with zero attached hydrogens (tertiary/aromatic N) is 2. The van der Waals surface area contributed by atoms with Gasteiger partial charge in [0.2, 0.25) is 5.95 Å². The van der Waals surface area contributed by atoms with Crippen LogP contribution >= 0.6 is 0 Å². The summed E-state index contributed by atoms with van der Waals surface area (Å²) in [5.74, 6) is 0.515. The number of carbonyl (C=O) groups is 1. The van der Waals surface area contributed by atoms with Crippen molar-refractivity contribution in [2.75, 3.05) is 5.43 Å². The zero-order valence-electron chi connectivity index (χ0n) is 12.2. The molecule has 7 nitrogen and oxygen atoms in total. The Morgan fingerprint density at radius 1 is 1.27 bits per heavy atom. The quantitative estimate of drug-likeness (QED) is 0.509. The minimum Gasteiger partial charge on any atom is -0.481 e. The van der Waals surface area contributed by atoms with Crippen molar-refractivity contribution in [1.82, 2.24) is 9.97 Å². The lowest BCUT2D eigenvalue weighted by molar-refractivity contribution is -0.134. The molecular weight excluding hydrogens is 284 g/mol. The number of nitrogens with one attached hydrogen (secondary N) is 2. The summed E-state index contributed by atoms with van der Waals surface area (Å²) in [5, 5.41) is 11.6. The molecule has 3 aromatic rings. The Balaban J connectivity index is 0.000000396. The van der Waals surface area contributed by atoms with Crippen molar-refractivity contribution in [3.8, 4) is 0 Å². The van der Waals surface area contributed by atoms with Gasteiger partial charge in [0.25, 0.3) is 5.97 Å². The predicted molar refractivity (Wildman–Crippen MR) is 83.9 cm³/mol. The van der Waals surface area contributed by atoms with E-state index in [0.29, 0.717) is 5.95 Å². The summed E-state index contributed by atoms with van der Waals surface area (Å²) in [4.78, 5) is 16.5. The first-order valence-electron chi connectivity index (χ1n) is 6.54. The van der Waals surface area contributed by atoms with Gasteiger partial charge in [-0.05, 0) is 31.2 Å². The van der Waals surface area contributed by atoms with Gasteiger partial charge in [0, 0.05) is 6.92 Å². The van der Waals surface area contributed by atoms with Gasteiger partial charge in [-0.15, -0.1) is 0 Å². The van der Waals surface area contributed by atoms with Crippen LogP contribution in [0.2, 0.25) is 0 Å². The Labute approximate surface area is 126 Å². The van der Waals surface area contributed by atoms with Gasteiger partial charge in [-0.25, -0.2) is 10.4 Å². The van der Waals surface area contributed by atoms with E-state index in [2.05, 4.69) is 20.5 Å². The molecule has 3 N–H and O–H groups in total. The van der Waals surface area contributed by atoms with Crippen LogP contribution in [0.1, 0.15) is 19.6 Å². The summed E-state index contributed by atoms with van der Waals surface area (Å²) < 4.78 is 5.24. The second-order valence-electron chi connectivity index (χ2n) is 4.41. The van der Waals surface area contributed by atoms with Crippen molar-refractivity contribution in [2.45, 2.75) is 13.8 Å². The zero-order valence-corrected chi connectivity index (χ0v) is 12.2. The van der Waals surface area contributed by atoms with E-state index in [1.807, 2.05) is 43.3 Å². The molecule has 0 aliphatic heterocycles. The van der Waals surface area contributed by atoms with E-state index >= 15 is 0 Å². The number of fused-ring (bicyclic) bond motifs is 1. The second-order valence-corrected chi connectivity index (χ2v) is 4.41. The number of imidazole rings is 1. The van der Waals surface area contributed by atoms with Crippen LogP contribution in [-0.4, -0.2) is 26.8 Å². The zero-order chi connectivity index (χ0) is 15.9. The number of para-hydroxylation sites is 2. The van der Waals surface area contributed by atoms with E-state index in [1.165, 1.54) is 0 Å². The molecule has 0 spiro atoms. The molecule has 0 bridgehead atoms. The number of aromatic amines is 1. The summed E-state index contributed by atoms with van der Waals surface area (Å²) >= 11 is 0. The maximum Gasteiger partial charge on any atom is 0.300 e. The topological polar surface area (TPSA) is 104 Å².